The van der Waals surface area contributed by atoms with Gasteiger partial charge in [0.15, 0.2) is 5.82 Å². The van der Waals surface area contributed by atoms with Crippen molar-refractivity contribution in [2.45, 2.75) is 45.6 Å². The van der Waals surface area contributed by atoms with Crippen molar-refractivity contribution in [1.29, 1.82) is 0 Å². The van der Waals surface area contributed by atoms with E-state index >= 15 is 4.39 Å². The van der Waals surface area contributed by atoms with Crippen molar-refractivity contribution in [1.82, 2.24) is 25.0 Å². The van der Waals surface area contributed by atoms with Crippen molar-refractivity contribution in [2.24, 2.45) is 0 Å². The zero-order chi connectivity index (χ0) is 25.1. The highest BCUT2D eigenvalue weighted by atomic mass is 19.1. The van der Waals surface area contributed by atoms with E-state index in [1.165, 1.54) is 18.9 Å². The molecule has 1 aliphatic heterocycles. The number of anilines is 2. The first-order valence-electron chi connectivity index (χ1n) is 12.0. The predicted octanol–water partition coefficient (Wildman–Crippen LogP) is 5.12. The van der Waals surface area contributed by atoms with Crippen molar-refractivity contribution in [3.63, 3.8) is 0 Å². The molecule has 1 unspecified atom stereocenters. The molecular weight excluding hydrogens is 454 g/mol. The van der Waals surface area contributed by atoms with E-state index in [9.17, 15) is 4.79 Å². The molecular formula is C27H24BFN6O. The molecule has 1 fully saturated rings. The number of nitrogens with one attached hydrogen (secondary N) is 2. The Kier molecular flexibility index (Phi) is 5.17. The molecule has 1 saturated carbocycles. The van der Waals surface area contributed by atoms with Gasteiger partial charge in [0.1, 0.15) is 5.82 Å². The Hall–Kier alpha value is -4.01. The topological polar surface area (TPSA) is 84.7 Å². The summed E-state index contributed by atoms with van der Waals surface area (Å²) in [6.45, 7) is 5.75. The summed E-state index contributed by atoms with van der Waals surface area (Å²) in [5.74, 6) is 0.492. The van der Waals surface area contributed by atoms with Crippen LogP contribution in [-0.4, -0.2) is 33.5 Å². The Balaban J connectivity index is 1.30. The molecule has 9 heteroatoms. The maximum atomic E-state index is 15.3. The van der Waals surface area contributed by atoms with Gasteiger partial charge in [-0.25, -0.2) is 4.39 Å². The summed E-state index contributed by atoms with van der Waals surface area (Å²) in [6, 6.07) is 10.9. The van der Waals surface area contributed by atoms with E-state index in [2.05, 4.69) is 25.7 Å². The number of aryl methyl sites for hydroxylation is 2. The van der Waals surface area contributed by atoms with E-state index in [0.717, 1.165) is 43.8 Å². The zero-order valence-corrected chi connectivity index (χ0v) is 20.3. The number of hydrogen-bond donors (Lipinski definition) is 2. The van der Waals surface area contributed by atoms with Crippen molar-refractivity contribution < 1.29 is 9.18 Å². The van der Waals surface area contributed by atoms with Crippen LogP contribution in [0, 0.1) is 19.7 Å². The molecule has 3 heterocycles. The Labute approximate surface area is 209 Å². The molecule has 2 aliphatic rings. The van der Waals surface area contributed by atoms with Gasteiger partial charge in [-0.3, -0.25) is 14.4 Å². The van der Waals surface area contributed by atoms with Gasteiger partial charge in [-0.15, -0.1) is 0 Å². The minimum Gasteiger partial charge on any atom is -0.345 e. The van der Waals surface area contributed by atoms with Crippen LogP contribution in [0.1, 0.15) is 64.5 Å². The first-order valence-corrected chi connectivity index (χ1v) is 12.0. The Morgan fingerprint density at radius 2 is 1.86 bits per heavy atom. The summed E-state index contributed by atoms with van der Waals surface area (Å²) in [5, 5.41) is 10.3. The molecule has 178 valence electrons. The quantitative estimate of drug-likeness (QED) is 0.389. The number of fused-ring (bicyclic) bond motifs is 1. The molecule has 1 amide bonds. The van der Waals surface area contributed by atoms with Crippen molar-refractivity contribution in [3.05, 3.63) is 76.4 Å². The number of rotatable bonds is 5. The number of aromatic nitrogens is 4. The molecule has 36 heavy (non-hydrogen) atoms. The van der Waals surface area contributed by atoms with E-state index in [-0.39, 0.29) is 29.3 Å². The molecule has 7 nitrogen and oxygen atoms in total. The second kappa shape index (κ2) is 8.29. The molecule has 6 rings (SSSR count). The first kappa shape index (κ1) is 22.5. The SMILES string of the molecule is [B]n1nc(-c2cc(C)c(-c3ccc(C4CC4)nc3)cc2F)nc1Nc1cc2c(cc1C)C(=O)NC2C. The highest BCUT2D eigenvalue weighted by Gasteiger charge is 2.27. The van der Waals surface area contributed by atoms with Crippen LogP contribution in [-0.2, 0) is 0 Å². The maximum absolute atomic E-state index is 15.3. The fourth-order valence-electron chi connectivity index (χ4n) is 4.76. The van der Waals surface area contributed by atoms with Crippen molar-refractivity contribution in [2.75, 3.05) is 5.32 Å². The van der Waals surface area contributed by atoms with Crippen LogP contribution >= 0.6 is 0 Å². The van der Waals surface area contributed by atoms with Gasteiger partial charge < -0.3 is 10.6 Å². The normalized spacial score (nSPS) is 16.7. The molecule has 2 aromatic carbocycles. The van der Waals surface area contributed by atoms with Crippen LogP contribution in [0.25, 0.3) is 22.5 Å². The summed E-state index contributed by atoms with van der Waals surface area (Å²) in [7, 11) is 6.07. The molecule has 1 aliphatic carbocycles. The van der Waals surface area contributed by atoms with Crippen LogP contribution in [0.3, 0.4) is 0 Å². The maximum Gasteiger partial charge on any atom is 0.269 e. The van der Waals surface area contributed by atoms with Gasteiger partial charge in [0.05, 0.1) is 11.6 Å². The number of nitrogens with zero attached hydrogens (tertiary/aromatic N) is 4. The van der Waals surface area contributed by atoms with Crippen molar-refractivity contribution >= 4 is 25.5 Å². The molecule has 0 bridgehead atoms. The third-order valence-corrected chi connectivity index (χ3v) is 6.98. The zero-order valence-electron chi connectivity index (χ0n) is 20.3. The third-order valence-electron chi connectivity index (χ3n) is 6.98. The lowest BCUT2D eigenvalue weighted by molar-refractivity contribution is 0.0958. The Morgan fingerprint density at radius 1 is 1.08 bits per heavy atom. The van der Waals surface area contributed by atoms with E-state index < -0.39 is 5.82 Å². The fraction of sp³-hybridized carbons (Fsp3) is 0.259. The Bertz CT molecular complexity index is 1530. The van der Waals surface area contributed by atoms with E-state index in [1.54, 1.807) is 6.07 Å². The van der Waals surface area contributed by atoms with Crippen LogP contribution in [0.2, 0.25) is 0 Å². The first-order chi connectivity index (χ1) is 17.3. The molecule has 1 atom stereocenters. The minimum atomic E-state index is -0.439. The molecule has 4 aromatic rings. The summed E-state index contributed by atoms with van der Waals surface area (Å²) >= 11 is 0. The number of pyridine rings is 1. The van der Waals surface area contributed by atoms with Gasteiger partial charge in [0.25, 0.3) is 13.9 Å². The average Bonchev–Trinajstić information content (AvgIpc) is 3.59. The lowest BCUT2D eigenvalue weighted by Gasteiger charge is -2.12. The monoisotopic (exact) mass is 478 g/mol. The lowest BCUT2D eigenvalue weighted by Crippen LogP contribution is -2.16. The fourth-order valence-corrected chi connectivity index (χ4v) is 4.76. The highest BCUT2D eigenvalue weighted by Crippen LogP contribution is 2.39. The minimum absolute atomic E-state index is 0.0830. The van der Waals surface area contributed by atoms with E-state index in [0.29, 0.717) is 11.5 Å². The largest absolute Gasteiger partial charge is 0.345 e. The van der Waals surface area contributed by atoms with Crippen LogP contribution in [0.15, 0.2) is 42.6 Å². The standard InChI is InChI=1S/C27H24BFN6O/c1-13-8-21(22(29)10-18(13)17-6-7-23(30-12-17)16-4-5-16)25-33-27(35(28)34-25)32-24-11-19-15(3)31-26(36)20(19)9-14(24)2/h6-12,15-16H,4-5H2,1-3H3,(H,31,36)(H,32,33,34). The van der Waals surface area contributed by atoms with Gasteiger partial charge in [-0.05, 0) is 86.2 Å². The van der Waals surface area contributed by atoms with E-state index in [4.69, 9.17) is 7.98 Å². The smallest absolute Gasteiger partial charge is 0.269 e. The number of hydrogen-bond acceptors (Lipinski definition) is 5. The number of carbonyl (C=O) groups is 1. The van der Waals surface area contributed by atoms with Crippen LogP contribution in [0.4, 0.5) is 16.0 Å². The second-order valence-electron chi connectivity index (χ2n) is 9.67. The van der Waals surface area contributed by atoms with Gasteiger partial charge in [-0.2, -0.15) is 10.1 Å². The average molecular weight is 478 g/mol. The number of amides is 1. The summed E-state index contributed by atoms with van der Waals surface area (Å²) < 4.78 is 16.4. The van der Waals surface area contributed by atoms with Crippen molar-refractivity contribution in [3.8, 4) is 22.5 Å². The molecule has 0 spiro atoms. The molecule has 2 aromatic heterocycles. The molecule has 0 saturated heterocycles. The second-order valence-corrected chi connectivity index (χ2v) is 9.67. The molecule has 2 radical (unpaired) electrons. The highest BCUT2D eigenvalue weighted by molar-refractivity contribution is 6.07. The third kappa shape index (κ3) is 3.84. The van der Waals surface area contributed by atoms with Crippen LogP contribution in [0.5, 0.6) is 0 Å². The number of carbonyl (C=O) groups excluding carboxylic acids is 1. The lowest BCUT2D eigenvalue weighted by atomic mass is 9.98. The summed E-state index contributed by atoms with van der Waals surface area (Å²) in [4.78, 5) is 21.1. The van der Waals surface area contributed by atoms with Gasteiger partial charge in [0, 0.05) is 34.6 Å². The van der Waals surface area contributed by atoms with E-state index in [1.807, 2.05) is 51.2 Å². The number of halogens is 1. The van der Waals surface area contributed by atoms with Crippen LogP contribution < -0.4 is 10.6 Å². The summed E-state index contributed by atoms with van der Waals surface area (Å²) in [5.41, 5.74) is 7.06. The number of benzene rings is 2. The van der Waals surface area contributed by atoms with Gasteiger partial charge in [0.2, 0.25) is 5.95 Å². The predicted molar refractivity (Wildman–Crippen MR) is 137 cm³/mol. The summed E-state index contributed by atoms with van der Waals surface area (Å²) in [6.07, 6.45) is 4.19. The van der Waals surface area contributed by atoms with Gasteiger partial charge >= 0.3 is 0 Å². The van der Waals surface area contributed by atoms with Gasteiger partial charge in [-0.1, -0.05) is 6.07 Å². The Morgan fingerprint density at radius 3 is 2.58 bits per heavy atom. The molecule has 2 N–H and O–H groups in total.